The van der Waals surface area contributed by atoms with Crippen LogP contribution in [0.2, 0.25) is 0 Å². The Kier molecular flexibility index (Phi) is 4.35. The third kappa shape index (κ3) is 4.07. The Morgan fingerprint density at radius 2 is 2.36 bits per heavy atom. The lowest BCUT2D eigenvalue weighted by atomic mass is 10.1. The van der Waals surface area contributed by atoms with Gasteiger partial charge in [-0.15, -0.1) is 0 Å². The maximum Gasteiger partial charge on any atom is 0.303 e. The molecule has 0 radical (unpaired) electrons. The van der Waals surface area contributed by atoms with E-state index >= 15 is 0 Å². The van der Waals surface area contributed by atoms with E-state index in [2.05, 4.69) is 24.2 Å². The van der Waals surface area contributed by atoms with Gasteiger partial charge in [-0.3, -0.25) is 4.79 Å². The fraction of sp³-hybridized carbons (Fsp3) is 0.900. The number of hydrogen-bond acceptors (Lipinski definition) is 3. The minimum Gasteiger partial charge on any atom is -0.481 e. The van der Waals surface area contributed by atoms with E-state index in [1.165, 1.54) is 0 Å². The predicted molar refractivity (Wildman–Crippen MR) is 55.4 cm³/mol. The van der Waals surface area contributed by atoms with Gasteiger partial charge < -0.3 is 15.3 Å². The SMILES string of the molecule is CC1CCN(C)CC(CCC(=O)O)N1. The predicted octanol–water partition coefficient (Wildman–Crippen LogP) is 0.533. The number of rotatable bonds is 3. The van der Waals surface area contributed by atoms with Gasteiger partial charge in [-0.25, -0.2) is 0 Å². The largest absolute Gasteiger partial charge is 0.481 e. The van der Waals surface area contributed by atoms with Crippen LogP contribution < -0.4 is 5.32 Å². The molecule has 2 unspecified atom stereocenters. The summed E-state index contributed by atoms with van der Waals surface area (Å²) in [5.74, 6) is -0.702. The Morgan fingerprint density at radius 1 is 1.64 bits per heavy atom. The van der Waals surface area contributed by atoms with Crippen molar-refractivity contribution in [3.05, 3.63) is 0 Å². The maximum atomic E-state index is 10.4. The number of likely N-dealkylation sites (N-methyl/N-ethyl adjacent to an activating group) is 1. The van der Waals surface area contributed by atoms with Crippen LogP contribution in [-0.4, -0.2) is 48.2 Å². The minimum atomic E-state index is -0.702. The maximum absolute atomic E-state index is 10.4. The van der Waals surface area contributed by atoms with E-state index in [1.807, 2.05) is 0 Å². The first-order valence-electron chi connectivity index (χ1n) is 5.24. The molecule has 0 spiro atoms. The number of nitrogens with one attached hydrogen (secondary N) is 1. The zero-order valence-corrected chi connectivity index (χ0v) is 8.99. The number of carbonyl (C=O) groups is 1. The molecule has 2 N–H and O–H groups in total. The molecule has 1 heterocycles. The summed E-state index contributed by atoms with van der Waals surface area (Å²) in [6.45, 7) is 4.21. The van der Waals surface area contributed by atoms with Gasteiger partial charge in [0.25, 0.3) is 0 Å². The number of carboxylic acids is 1. The fourth-order valence-corrected chi connectivity index (χ4v) is 1.89. The van der Waals surface area contributed by atoms with E-state index in [-0.39, 0.29) is 6.42 Å². The molecule has 4 heteroatoms. The highest BCUT2D eigenvalue weighted by Gasteiger charge is 2.19. The molecule has 1 saturated heterocycles. The van der Waals surface area contributed by atoms with E-state index in [0.29, 0.717) is 12.1 Å². The Bertz CT molecular complexity index is 185. The summed E-state index contributed by atoms with van der Waals surface area (Å²) >= 11 is 0. The normalized spacial score (nSPS) is 29.9. The lowest BCUT2D eigenvalue weighted by Crippen LogP contribution is -2.39. The van der Waals surface area contributed by atoms with Crippen LogP contribution in [0.1, 0.15) is 26.2 Å². The van der Waals surface area contributed by atoms with Crippen LogP contribution in [0.15, 0.2) is 0 Å². The van der Waals surface area contributed by atoms with Gasteiger partial charge in [-0.05, 0) is 33.4 Å². The molecule has 1 aliphatic rings. The monoisotopic (exact) mass is 200 g/mol. The highest BCUT2D eigenvalue weighted by atomic mass is 16.4. The lowest BCUT2D eigenvalue weighted by Gasteiger charge is -2.20. The van der Waals surface area contributed by atoms with Gasteiger partial charge in [0.1, 0.15) is 0 Å². The Balaban J connectivity index is 2.37. The average Bonchev–Trinajstić information content (AvgIpc) is 2.25. The number of hydrogen-bond donors (Lipinski definition) is 2. The third-order valence-electron chi connectivity index (χ3n) is 2.70. The molecular formula is C10H20N2O2. The van der Waals surface area contributed by atoms with Crippen LogP contribution in [0.4, 0.5) is 0 Å². The highest BCUT2D eigenvalue weighted by Crippen LogP contribution is 2.07. The first-order chi connectivity index (χ1) is 6.58. The zero-order valence-electron chi connectivity index (χ0n) is 8.99. The lowest BCUT2D eigenvalue weighted by molar-refractivity contribution is -0.137. The second-order valence-electron chi connectivity index (χ2n) is 4.25. The van der Waals surface area contributed by atoms with Gasteiger partial charge in [0, 0.05) is 25.0 Å². The molecule has 0 aliphatic carbocycles. The summed E-state index contributed by atoms with van der Waals surface area (Å²) in [4.78, 5) is 12.7. The highest BCUT2D eigenvalue weighted by molar-refractivity contribution is 5.66. The molecule has 0 aromatic rings. The van der Waals surface area contributed by atoms with Crippen molar-refractivity contribution in [1.29, 1.82) is 0 Å². The quantitative estimate of drug-likeness (QED) is 0.698. The van der Waals surface area contributed by atoms with Gasteiger partial charge >= 0.3 is 5.97 Å². The van der Waals surface area contributed by atoms with Crippen molar-refractivity contribution in [2.24, 2.45) is 0 Å². The first kappa shape index (κ1) is 11.5. The summed E-state index contributed by atoms with van der Waals surface area (Å²) in [7, 11) is 2.09. The number of carboxylic acid groups (broad SMARTS) is 1. The summed E-state index contributed by atoms with van der Waals surface area (Å²) in [6.07, 6.45) is 2.13. The summed E-state index contributed by atoms with van der Waals surface area (Å²) in [5, 5.41) is 12.1. The smallest absolute Gasteiger partial charge is 0.303 e. The third-order valence-corrected chi connectivity index (χ3v) is 2.70. The van der Waals surface area contributed by atoms with E-state index < -0.39 is 5.97 Å². The Labute approximate surface area is 85.3 Å². The average molecular weight is 200 g/mol. The second kappa shape index (κ2) is 5.32. The van der Waals surface area contributed by atoms with Crippen molar-refractivity contribution in [2.75, 3.05) is 20.1 Å². The van der Waals surface area contributed by atoms with Crippen molar-refractivity contribution in [2.45, 2.75) is 38.3 Å². The van der Waals surface area contributed by atoms with Gasteiger partial charge in [0.2, 0.25) is 0 Å². The van der Waals surface area contributed by atoms with Crippen molar-refractivity contribution >= 4 is 5.97 Å². The first-order valence-corrected chi connectivity index (χ1v) is 5.24. The van der Waals surface area contributed by atoms with E-state index in [9.17, 15) is 4.79 Å². The van der Waals surface area contributed by atoms with Gasteiger partial charge in [-0.1, -0.05) is 0 Å². The van der Waals surface area contributed by atoms with Crippen LogP contribution in [0.3, 0.4) is 0 Å². The Morgan fingerprint density at radius 3 is 3.00 bits per heavy atom. The molecule has 82 valence electrons. The van der Waals surface area contributed by atoms with Crippen LogP contribution in [0, 0.1) is 0 Å². The van der Waals surface area contributed by atoms with Crippen LogP contribution in [-0.2, 0) is 4.79 Å². The molecule has 0 aromatic heterocycles. The van der Waals surface area contributed by atoms with E-state index in [1.54, 1.807) is 0 Å². The van der Waals surface area contributed by atoms with Crippen molar-refractivity contribution < 1.29 is 9.90 Å². The van der Waals surface area contributed by atoms with Crippen LogP contribution in [0.25, 0.3) is 0 Å². The molecule has 0 bridgehead atoms. The summed E-state index contributed by atoms with van der Waals surface area (Å²) < 4.78 is 0. The van der Waals surface area contributed by atoms with Gasteiger partial charge in [0.15, 0.2) is 0 Å². The van der Waals surface area contributed by atoms with Gasteiger partial charge in [-0.2, -0.15) is 0 Å². The molecule has 1 aliphatic heterocycles. The van der Waals surface area contributed by atoms with Gasteiger partial charge in [0.05, 0.1) is 0 Å². The van der Waals surface area contributed by atoms with Crippen LogP contribution >= 0.6 is 0 Å². The standard InChI is InChI=1S/C10H20N2O2/c1-8-5-6-12(2)7-9(11-8)3-4-10(13)14/h8-9,11H,3-7H2,1-2H3,(H,13,14). The molecule has 0 saturated carbocycles. The van der Waals surface area contributed by atoms with E-state index in [0.717, 1.165) is 25.9 Å². The Hall–Kier alpha value is -0.610. The topological polar surface area (TPSA) is 52.6 Å². The van der Waals surface area contributed by atoms with Crippen molar-refractivity contribution in [3.63, 3.8) is 0 Å². The molecule has 4 nitrogen and oxygen atoms in total. The van der Waals surface area contributed by atoms with Crippen LogP contribution in [0.5, 0.6) is 0 Å². The number of nitrogens with zero attached hydrogens (tertiary/aromatic N) is 1. The summed E-state index contributed by atoms with van der Waals surface area (Å²) in [5.41, 5.74) is 0. The van der Waals surface area contributed by atoms with Crippen molar-refractivity contribution in [3.8, 4) is 0 Å². The zero-order chi connectivity index (χ0) is 10.6. The van der Waals surface area contributed by atoms with E-state index in [4.69, 9.17) is 5.11 Å². The second-order valence-corrected chi connectivity index (χ2v) is 4.25. The molecule has 2 atom stereocenters. The molecule has 0 aromatic carbocycles. The molecule has 1 rings (SSSR count). The number of aliphatic carboxylic acids is 1. The molecule has 0 amide bonds. The minimum absolute atomic E-state index is 0.262. The van der Waals surface area contributed by atoms with Crippen molar-refractivity contribution in [1.82, 2.24) is 10.2 Å². The fourth-order valence-electron chi connectivity index (χ4n) is 1.89. The molecule has 14 heavy (non-hydrogen) atoms. The summed E-state index contributed by atoms with van der Waals surface area (Å²) in [6, 6.07) is 0.826. The molecule has 1 fully saturated rings. The molecular weight excluding hydrogens is 180 g/mol.